The molecule has 7 heteroatoms. The van der Waals surface area contributed by atoms with Gasteiger partial charge in [-0.15, -0.1) is 0 Å². The molecule has 0 unspecified atom stereocenters. The first kappa shape index (κ1) is 13.8. The first-order valence-corrected chi connectivity index (χ1v) is 7.76. The van der Waals surface area contributed by atoms with Crippen molar-refractivity contribution >= 4 is 32.2 Å². The van der Waals surface area contributed by atoms with Gasteiger partial charge in [-0.2, -0.15) is 10.4 Å². The molecule has 0 spiro atoms. The van der Waals surface area contributed by atoms with Gasteiger partial charge >= 0.3 is 0 Å². The molecule has 0 bridgehead atoms. The zero-order chi connectivity index (χ0) is 13.9. The van der Waals surface area contributed by atoms with E-state index in [1.807, 2.05) is 0 Å². The summed E-state index contributed by atoms with van der Waals surface area (Å²) < 4.78 is 23.7. The first-order valence-electron chi connectivity index (χ1n) is 5.73. The van der Waals surface area contributed by atoms with Gasteiger partial charge in [0.2, 0.25) is 9.84 Å². The quantitative estimate of drug-likeness (QED) is 0.525. The highest BCUT2D eigenvalue weighted by Crippen LogP contribution is 2.30. The summed E-state index contributed by atoms with van der Waals surface area (Å²) in [5, 5.41) is 12.7. The number of hydrogen-bond donors (Lipinski definition) is 1. The number of rotatable bonds is 4. The second kappa shape index (κ2) is 5.59. The summed E-state index contributed by atoms with van der Waals surface area (Å²) >= 11 is 5.73. The Morgan fingerprint density at radius 1 is 1.42 bits per heavy atom. The molecule has 0 aliphatic heterocycles. The lowest BCUT2D eigenvalue weighted by atomic mass is 10.3. The highest BCUT2D eigenvalue weighted by molar-refractivity contribution is 8.07. The lowest BCUT2D eigenvalue weighted by Gasteiger charge is -2.03. The maximum absolute atomic E-state index is 11.9. The first-order chi connectivity index (χ1) is 9.01. The minimum atomic E-state index is -3.59. The summed E-state index contributed by atoms with van der Waals surface area (Å²) in [6.45, 7) is 0. The van der Waals surface area contributed by atoms with E-state index in [1.54, 1.807) is 30.3 Å². The van der Waals surface area contributed by atoms with Gasteiger partial charge in [-0.25, -0.2) is 8.42 Å². The number of hydrazone groups is 1. The predicted molar refractivity (Wildman–Crippen MR) is 74.6 cm³/mol. The lowest BCUT2D eigenvalue weighted by molar-refractivity contribution is 0.604. The molecule has 100 valence electrons. The molecule has 0 heterocycles. The second-order valence-corrected chi connectivity index (χ2v) is 6.76. The van der Waals surface area contributed by atoms with Crippen molar-refractivity contribution in [2.45, 2.75) is 12.8 Å². The topological polar surface area (TPSA) is 82.3 Å². The van der Waals surface area contributed by atoms with E-state index in [0.717, 1.165) is 12.8 Å². The summed E-state index contributed by atoms with van der Waals surface area (Å²) in [6.07, 6.45) is 1.81. The van der Waals surface area contributed by atoms with Gasteiger partial charge in [0.1, 0.15) is 6.07 Å². The van der Waals surface area contributed by atoms with Gasteiger partial charge in [-0.05, 0) is 43.0 Å². The van der Waals surface area contributed by atoms with E-state index in [-0.39, 0.29) is 11.7 Å². The van der Waals surface area contributed by atoms with Crippen LogP contribution in [0, 0.1) is 17.2 Å². The Morgan fingerprint density at radius 2 is 2.05 bits per heavy atom. The van der Waals surface area contributed by atoms with Crippen LogP contribution in [0.3, 0.4) is 0 Å². The fourth-order valence-electron chi connectivity index (χ4n) is 1.48. The molecule has 1 N–H and O–H groups in total. The van der Waals surface area contributed by atoms with Crippen molar-refractivity contribution in [3.63, 3.8) is 0 Å². The third-order valence-electron chi connectivity index (χ3n) is 2.67. The van der Waals surface area contributed by atoms with Crippen molar-refractivity contribution in [2.24, 2.45) is 11.0 Å². The van der Waals surface area contributed by atoms with Gasteiger partial charge in [0, 0.05) is 5.02 Å². The van der Waals surface area contributed by atoms with Crippen molar-refractivity contribution in [3.05, 3.63) is 29.3 Å². The van der Waals surface area contributed by atoms with E-state index in [2.05, 4.69) is 10.5 Å². The van der Waals surface area contributed by atoms with Crippen LogP contribution < -0.4 is 5.43 Å². The fraction of sp³-hybridized carbons (Fsp3) is 0.333. The largest absolute Gasteiger partial charge is 0.277 e. The molecule has 0 radical (unpaired) electrons. The third kappa shape index (κ3) is 3.94. The summed E-state index contributed by atoms with van der Waals surface area (Å²) in [6, 6.07) is 8.21. The monoisotopic (exact) mass is 297 g/mol. The SMILES string of the molecule is N#C/C(=N\Nc1ccc(Cl)cc1)S(=O)(=O)CC1CC1. The molecule has 0 atom stereocenters. The molecule has 0 amide bonds. The predicted octanol–water partition coefficient (Wildman–Crippen LogP) is 2.41. The Bertz CT molecular complexity index is 628. The van der Waals surface area contributed by atoms with Crippen molar-refractivity contribution in [1.82, 2.24) is 0 Å². The van der Waals surface area contributed by atoms with Gasteiger partial charge in [-0.1, -0.05) is 11.6 Å². The average molecular weight is 298 g/mol. The van der Waals surface area contributed by atoms with Crippen molar-refractivity contribution in [2.75, 3.05) is 11.2 Å². The van der Waals surface area contributed by atoms with E-state index in [4.69, 9.17) is 16.9 Å². The number of anilines is 1. The van der Waals surface area contributed by atoms with Crippen molar-refractivity contribution in [3.8, 4) is 6.07 Å². The Kier molecular flexibility index (Phi) is 4.08. The average Bonchev–Trinajstić information content (AvgIpc) is 3.15. The maximum Gasteiger partial charge on any atom is 0.251 e. The molecule has 1 saturated carbocycles. The molecule has 0 saturated heterocycles. The zero-order valence-electron chi connectivity index (χ0n) is 10.0. The number of nitrogens with zero attached hydrogens (tertiary/aromatic N) is 2. The van der Waals surface area contributed by atoms with Crippen LogP contribution in [0.2, 0.25) is 5.02 Å². The van der Waals surface area contributed by atoms with Gasteiger partial charge in [0.05, 0.1) is 11.4 Å². The summed E-state index contributed by atoms with van der Waals surface area (Å²) in [4.78, 5) is 0. The highest BCUT2D eigenvalue weighted by Gasteiger charge is 2.31. The van der Waals surface area contributed by atoms with Crippen molar-refractivity contribution < 1.29 is 8.42 Å². The number of nitrogens with one attached hydrogen (secondary N) is 1. The number of benzene rings is 1. The Hall–Kier alpha value is -1.58. The normalized spacial score (nSPS) is 15.9. The molecular formula is C12H12ClN3O2S. The molecule has 1 aliphatic rings. The Morgan fingerprint density at radius 3 is 2.58 bits per heavy atom. The molecule has 1 aromatic rings. The van der Waals surface area contributed by atoms with Gasteiger partial charge in [0.15, 0.2) is 0 Å². The van der Waals surface area contributed by atoms with Gasteiger partial charge < -0.3 is 0 Å². The highest BCUT2D eigenvalue weighted by atomic mass is 35.5. The van der Waals surface area contributed by atoms with E-state index < -0.39 is 14.9 Å². The van der Waals surface area contributed by atoms with E-state index in [1.165, 1.54) is 0 Å². The molecule has 19 heavy (non-hydrogen) atoms. The number of halogens is 1. The number of hydrogen-bond acceptors (Lipinski definition) is 5. The fourth-order valence-corrected chi connectivity index (χ4v) is 3.04. The van der Waals surface area contributed by atoms with Crippen LogP contribution >= 0.6 is 11.6 Å². The number of sulfone groups is 1. The molecule has 1 aliphatic carbocycles. The Balaban J connectivity index is 2.10. The molecule has 2 rings (SSSR count). The zero-order valence-corrected chi connectivity index (χ0v) is 11.6. The van der Waals surface area contributed by atoms with Crippen LogP contribution in [-0.2, 0) is 9.84 Å². The summed E-state index contributed by atoms with van der Waals surface area (Å²) in [7, 11) is -3.59. The molecule has 0 aromatic heterocycles. The van der Waals surface area contributed by atoms with Crippen LogP contribution in [0.25, 0.3) is 0 Å². The third-order valence-corrected chi connectivity index (χ3v) is 4.61. The second-order valence-electron chi connectivity index (χ2n) is 4.37. The molecule has 5 nitrogen and oxygen atoms in total. The molecule has 1 fully saturated rings. The van der Waals surface area contributed by atoms with Crippen LogP contribution in [0.4, 0.5) is 5.69 Å². The smallest absolute Gasteiger partial charge is 0.251 e. The van der Waals surface area contributed by atoms with Gasteiger partial charge in [0.25, 0.3) is 5.04 Å². The Labute approximate surface area is 116 Å². The molecule has 1 aromatic carbocycles. The van der Waals surface area contributed by atoms with E-state index >= 15 is 0 Å². The van der Waals surface area contributed by atoms with Crippen LogP contribution in [0.5, 0.6) is 0 Å². The van der Waals surface area contributed by atoms with E-state index in [9.17, 15) is 8.42 Å². The van der Waals surface area contributed by atoms with E-state index in [0.29, 0.717) is 10.7 Å². The summed E-state index contributed by atoms with van der Waals surface area (Å²) in [5.74, 6) is 0.181. The van der Waals surface area contributed by atoms with Crippen LogP contribution in [0.1, 0.15) is 12.8 Å². The maximum atomic E-state index is 11.9. The minimum Gasteiger partial charge on any atom is -0.277 e. The van der Waals surface area contributed by atoms with Crippen molar-refractivity contribution in [1.29, 1.82) is 5.26 Å². The van der Waals surface area contributed by atoms with Gasteiger partial charge in [-0.3, -0.25) is 5.43 Å². The molecular weight excluding hydrogens is 286 g/mol. The lowest BCUT2D eigenvalue weighted by Crippen LogP contribution is -2.19. The standard InChI is InChI=1S/C12H12ClN3O2S/c13-10-3-5-11(6-4-10)15-16-12(7-14)19(17,18)8-9-1-2-9/h3-6,9,15H,1-2,8H2/b16-12+. The van der Waals surface area contributed by atoms with Crippen LogP contribution in [0.15, 0.2) is 29.4 Å². The number of nitriles is 1. The van der Waals surface area contributed by atoms with Crippen LogP contribution in [-0.4, -0.2) is 19.2 Å². The minimum absolute atomic E-state index is 0.00168. The summed E-state index contributed by atoms with van der Waals surface area (Å²) in [5.41, 5.74) is 3.12.